The fourth-order valence-electron chi connectivity index (χ4n) is 3.07. The van der Waals surface area contributed by atoms with E-state index in [9.17, 15) is 4.39 Å². The molecule has 26 heavy (non-hydrogen) atoms. The van der Waals surface area contributed by atoms with E-state index in [2.05, 4.69) is 10.4 Å². The highest BCUT2D eigenvalue weighted by Gasteiger charge is 2.22. The van der Waals surface area contributed by atoms with Crippen LogP contribution in [0, 0.1) is 12.7 Å². The van der Waals surface area contributed by atoms with Crippen molar-refractivity contribution >= 4 is 0 Å². The molecule has 1 aromatic heterocycles. The van der Waals surface area contributed by atoms with Crippen molar-refractivity contribution in [3.63, 3.8) is 0 Å². The number of ether oxygens (including phenoxy) is 1. The van der Waals surface area contributed by atoms with Gasteiger partial charge in [0.25, 0.3) is 0 Å². The van der Waals surface area contributed by atoms with Crippen molar-refractivity contribution in [2.45, 2.75) is 32.5 Å². The van der Waals surface area contributed by atoms with E-state index in [4.69, 9.17) is 4.74 Å². The molecular weight excluding hydrogens is 329 g/mol. The van der Waals surface area contributed by atoms with Crippen LogP contribution in [0.2, 0.25) is 0 Å². The van der Waals surface area contributed by atoms with Crippen molar-refractivity contribution in [3.05, 3.63) is 83.4 Å². The van der Waals surface area contributed by atoms with Gasteiger partial charge in [-0.15, -0.1) is 0 Å². The predicted molar refractivity (Wildman–Crippen MR) is 101 cm³/mol. The maximum absolute atomic E-state index is 14.1. The molecule has 0 unspecified atom stereocenters. The highest BCUT2D eigenvalue weighted by atomic mass is 19.1. The van der Waals surface area contributed by atoms with Crippen LogP contribution in [0.25, 0.3) is 5.69 Å². The lowest BCUT2D eigenvalue weighted by Crippen LogP contribution is -2.33. The van der Waals surface area contributed by atoms with E-state index in [0.29, 0.717) is 12.1 Å². The highest BCUT2D eigenvalue weighted by molar-refractivity contribution is 5.32. The van der Waals surface area contributed by atoms with Crippen molar-refractivity contribution in [2.24, 2.45) is 0 Å². The maximum atomic E-state index is 14.1. The number of nitrogens with one attached hydrogen (secondary N) is 1. The van der Waals surface area contributed by atoms with E-state index in [0.717, 1.165) is 16.9 Å². The Balaban J connectivity index is 1.70. The minimum absolute atomic E-state index is 0.0589. The van der Waals surface area contributed by atoms with Gasteiger partial charge in [0.1, 0.15) is 5.82 Å². The van der Waals surface area contributed by atoms with Gasteiger partial charge in [-0.25, -0.2) is 9.07 Å². The Morgan fingerprint density at radius 2 is 1.81 bits per heavy atom. The normalized spacial score (nSPS) is 13.5. The minimum atomic E-state index is -0.360. The second kappa shape index (κ2) is 8.25. The van der Waals surface area contributed by atoms with E-state index >= 15 is 0 Å². The molecule has 2 atom stereocenters. The summed E-state index contributed by atoms with van der Waals surface area (Å²) in [4.78, 5) is 0. The summed E-state index contributed by atoms with van der Waals surface area (Å²) < 4.78 is 21.5. The van der Waals surface area contributed by atoms with Crippen LogP contribution in [-0.4, -0.2) is 22.9 Å². The van der Waals surface area contributed by atoms with Gasteiger partial charge in [-0.3, -0.25) is 0 Å². The Morgan fingerprint density at radius 3 is 2.50 bits per heavy atom. The fourth-order valence-corrected chi connectivity index (χ4v) is 3.07. The van der Waals surface area contributed by atoms with Crippen LogP contribution in [0.1, 0.15) is 29.8 Å². The number of nitrogens with zero attached hydrogens (tertiary/aromatic N) is 2. The second-order valence-electron chi connectivity index (χ2n) is 6.37. The zero-order chi connectivity index (χ0) is 18.5. The third kappa shape index (κ3) is 4.00. The lowest BCUT2D eigenvalue weighted by molar-refractivity contribution is 0.0700. The first kappa shape index (κ1) is 18.3. The van der Waals surface area contributed by atoms with E-state index in [1.807, 2.05) is 61.1 Å². The number of aryl methyl sites for hydroxylation is 1. The summed E-state index contributed by atoms with van der Waals surface area (Å²) in [5.41, 5.74) is 3.65. The molecule has 0 aliphatic heterocycles. The van der Waals surface area contributed by atoms with Gasteiger partial charge < -0.3 is 10.1 Å². The molecule has 0 spiro atoms. The summed E-state index contributed by atoms with van der Waals surface area (Å²) in [7, 11) is 1.61. The zero-order valence-corrected chi connectivity index (χ0v) is 15.3. The number of methoxy groups -OCH3 is 1. The summed E-state index contributed by atoms with van der Waals surface area (Å²) in [5.74, 6) is -0.249. The number of benzene rings is 2. The fraction of sp³-hybridized carbons (Fsp3) is 0.286. The Hall–Kier alpha value is -2.50. The van der Waals surface area contributed by atoms with Gasteiger partial charge in [0, 0.05) is 37.0 Å². The molecule has 5 heteroatoms. The van der Waals surface area contributed by atoms with Crippen molar-refractivity contribution in [1.82, 2.24) is 15.1 Å². The summed E-state index contributed by atoms with van der Waals surface area (Å²) >= 11 is 0. The Bertz CT molecular complexity index is 847. The summed E-state index contributed by atoms with van der Waals surface area (Å²) in [5, 5.41) is 8.02. The summed E-state index contributed by atoms with van der Waals surface area (Å²) in [6.07, 6.45) is 1.66. The van der Waals surface area contributed by atoms with Gasteiger partial charge >= 0.3 is 0 Å². The van der Waals surface area contributed by atoms with Gasteiger partial charge in [-0.1, -0.05) is 36.4 Å². The van der Waals surface area contributed by atoms with Crippen LogP contribution in [0.4, 0.5) is 4.39 Å². The molecule has 0 fully saturated rings. The molecule has 1 heterocycles. The molecule has 4 nitrogen and oxygen atoms in total. The Morgan fingerprint density at radius 1 is 1.12 bits per heavy atom. The van der Waals surface area contributed by atoms with E-state index < -0.39 is 0 Å². The van der Waals surface area contributed by atoms with Gasteiger partial charge in [0.2, 0.25) is 0 Å². The second-order valence-corrected chi connectivity index (χ2v) is 6.37. The monoisotopic (exact) mass is 353 g/mol. The van der Waals surface area contributed by atoms with Crippen molar-refractivity contribution in [1.29, 1.82) is 0 Å². The number of para-hydroxylation sites is 1. The maximum Gasteiger partial charge on any atom is 0.129 e. The molecule has 0 amide bonds. The first-order chi connectivity index (χ1) is 12.6. The SMILES string of the molecule is CO[C@H](c1ccccc1F)[C@@H](C)NCc1cn(-c2ccccc2)nc1C. The number of rotatable bonds is 7. The molecule has 0 saturated carbocycles. The minimum Gasteiger partial charge on any atom is -0.375 e. The molecule has 3 rings (SSSR count). The average molecular weight is 353 g/mol. The third-order valence-electron chi connectivity index (χ3n) is 4.56. The molecule has 0 radical (unpaired) electrons. The van der Waals surface area contributed by atoms with Crippen molar-refractivity contribution < 1.29 is 9.13 Å². The van der Waals surface area contributed by atoms with Crippen LogP contribution >= 0.6 is 0 Å². The summed E-state index contributed by atoms with van der Waals surface area (Å²) in [6.45, 7) is 4.62. The van der Waals surface area contributed by atoms with Crippen LogP contribution in [0.5, 0.6) is 0 Å². The molecule has 0 bridgehead atoms. The molecule has 0 saturated heterocycles. The first-order valence-corrected chi connectivity index (χ1v) is 8.71. The average Bonchev–Trinajstić information content (AvgIpc) is 3.03. The Kier molecular flexibility index (Phi) is 5.81. The number of aromatic nitrogens is 2. The standard InChI is InChI=1S/C21H24FN3O/c1-15-17(14-25(24-15)18-9-5-4-6-10-18)13-23-16(2)21(26-3)19-11-7-8-12-20(19)22/h4-12,14,16,21,23H,13H2,1-3H3/t16-,21+/m1/s1. The van der Waals surface area contributed by atoms with Gasteiger partial charge in [-0.05, 0) is 32.0 Å². The van der Waals surface area contributed by atoms with Crippen molar-refractivity contribution in [2.75, 3.05) is 7.11 Å². The summed E-state index contributed by atoms with van der Waals surface area (Å²) in [6, 6.07) is 16.7. The van der Waals surface area contributed by atoms with Gasteiger partial charge in [0.15, 0.2) is 0 Å². The highest BCUT2D eigenvalue weighted by Crippen LogP contribution is 2.23. The molecule has 136 valence electrons. The van der Waals surface area contributed by atoms with E-state index in [1.165, 1.54) is 6.07 Å². The van der Waals surface area contributed by atoms with Crippen LogP contribution < -0.4 is 5.32 Å². The van der Waals surface area contributed by atoms with Gasteiger partial charge in [-0.2, -0.15) is 5.10 Å². The zero-order valence-electron chi connectivity index (χ0n) is 15.3. The van der Waals surface area contributed by atoms with E-state index in [-0.39, 0.29) is 18.0 Å². The number of hydrogen-bond donors (Lipinski definition) is 1. The van der Waals surface area contributed by atoms with Crippen molar-refractivity contribution in [3.8, 4) is 5.69 Å². The lowest BCUT2D eigenvalue weighted by atomic mass is 10.0. The lowest BCUT2D eigenvalue weighted by Gasteiger charge is -2.24. The van der Waals surface area contributed by atoms with Crippen LogP contribution in [0.15, 0.2) is 60.8 Å². The molecule has 3 aromatic rings. The predicted octanol–water partition coefficient (Wildman–Crippen LogP) is 4.19. The quantitative estimate of drug-likeness (QED) is 0.692. The topological polar surface area (TPSA) is 39.1 Å². The number of halogens is 1. The molecule has 1 N–H and O–H groups in total. The van der Waals surface area contributed by atoms with E-state index in [1.54, 1.807) is 19.2 Å². The van der Waals surface area contributed by atoms with Crippen LogP contribution in [0.3, 0.4) is 0 Å². The Labute approximate surface area is 153 Å². The van der Waals surface area contributed by atoms with Gasteiger partial charge in [0.05, 0.1) is 17.5 Å². The molecular formula is C21H24FN3O. The molecule has 2 aromatic carbocycles. The third-order valence-corrected chi connectivity index (χ3v) is 4.56. The largest absolute Gasteiger partial charge is 0.375 e. The number of hydrogen-bond acceptors (Lipinski definition) is 3. The molecule has 0 aliphatic carbocycles. The molecule has 0 aliphatic rings. The first-order valence-electron chi connectivity index (χ1n) is 8.71. The van der Waals surface area contributed by atoms with Crippen LogP contribution in [-0.2, 0) is 11.3 Å². The smallest absolute Gasteiger partial charge is 0.129 e.